The fraction of sp³-hybridized carbons (Fsp3) is 0.0952. The zero-order valence-corrected chi connectivity index (χ0v) is 17.6. The Morgan fingerprint density at radius 2 is 1.84 bits per heavy atom. The minimum atomic E-state index is -3.96. The van der Waals surface area contributed by atoms with Crippen molar-refractivity contribution in [3.05, 3.63) is 66.4 Å². The molecule has 0 aliphatic rings. The highest BCUT2D eigenvalue weighted by molar-refractivity contribution is 7.92. The van der Waals surface area contributed by atoms with Crippen LogP contribution in [0.25, 0.3) is 11.2 Å². The van der Waals surface area contributed by atoms with Crippen LogP contribution in [0.1, 0.15) is 5.56 Å². The van der Waals surface area contributed by atoms with Crippen LogP contribution in [-0.4, -0.2) is 30.5 Å². The molecular formula is C21H20N6O3S. The Morgan fingerprint density at radius 3 is 2.61 bits per heavy atom. The third kappa shape index (κ3) is 4.33. The summed E-state index contributed by atoms with van der Waals surface area (Å²) in [6.45, 7) is 1.91. The molecule has 0 aliphatic carbocycles. The number of methoxy groups -OCH3 is 1. The number of hydrogen-bond donors (Lipinski definition) is 3. The lowest BCUT2D eigenvalue weighted by Crippen LogP contribution is -2.16. The van der Waals surface area contributed by atoms with E-state index in [4.69, 9.17) is 10.5 Å². The van der Waals surface area contributed by atoms with Crippen LogP contribution >= 0.6 is 0 Å². The molecular weight excluding hydrogens is 416 g/mol. The summed E-state index contributed by atoms with van der Waals surface area (Å²) < 4.78 is 33.7. The molecule has 2 aromatic heterocycles. The van der Waals surface area contributed by atoms with Gasteiger partial charge in [0.1, 0.15) is 11.3 Å². The van der Waals surface area contributed by atoms with Gasteiger partial charge in [-0.05, 0) is 48.9 Å². The van der Waals surface area contributed by atoms with Crippen molar-refractivity contribution in [2.24, 2.45) is 0 Å². The van der Waals surface area contributed by atoms with Crippen molar-refractivity contribution in [2.45, 2.75) is 11.8 Å². The van der Waals surface area contributed by atoms with Crippen molar-refractivity contribution in [3.63, 3.8) is 0 Å². The van der Waals surface area contributed by atoms with E-state index < -0.39 is 10.0 Å². The van der Waals surface area contributed by atoms with Crippen LogP contribution in [0.2, 0.25) is 0 Å². The Bertz CT molecular complexity index is 1370. The second kappa shape index (κ2) is 8.07. The Kier molecular flexibility index (Phi) is 5.30. The van der Waals surface area contributed by atoms with Crippen LogP contribution in [0.3, 0.4) is 0 Å². The highest BCUT2D eigenvalue weighted by Gasteiger charge is 2.20. The largest absolute Gasteiger partial charge is 0.497 e. The summed E-state index contributed by atoms with van der Waals surface area (Å²) in [4.78, 5) is 13.2. The molecule has 31 heavy (non-hydrogen) atoms. The van der Waals surface area contributed by atoms with Gasteiger partial charge in [-0.1, -0.05) is 12.1 Å². The predicted molar refractivity (Wildman–Crippen MR) is 120 cm³/mol. The van der Waals surface area contributed by atoms with Crippen LogP contribution in [-0.2, 0) is 10.0 Å². The third-order valence-electron chi connectivity index (χ3n) is 4.54. The molecule has 10 heteroatoms. The van der Waals surface area contributed by atoms with E-state index in [1.807, 2.05) is 19.1 Å². The zero-order valence-electron chi connectivity index (χ0n) is 16.8. The molecule has 0 radical (unpaired) electrons. The number of ether oxygens (including phenoxy) is 1. The maximum absolute atomic E-state index is 13.0. The number of rotatable bonds is 6. The predicted octanol–water partition coefficient (Wildman–Crippen LogP) is 3.47. The van der Waals surface area contributed by atoms with E-state index in [-0.39, 0.29) is 16.5 Å². The van der Waals surface area contributed by atoms with Gasteiger partial charge < -0.3 is 15.8 Å². The van der Waals surface area contributed by atoms with Gasteiger partial charge in [-0.2, -0.15) is 0 Å². The lowest BCUT2D eigenvalue weighted by Gasteiger charge is -2.15. The summed E-state index contributed by atoms with van der Waals surface area (Å²) in [5.74, 6) is 0.877. The molecule has 158 valence electrons. The first-order valence-electron chi connectivity index (χ1n) is 9.28. The molecule has 0 saturated heterocycles. The molecule has 0 unspecified atom stereocenters. The number of nitrogens with zero attached hydrogens (tertiary/aromatic N) is 3. The number of fused-ring (bicyclic) bond motifs is 1. The lowest BCUT2D eigenvalue weighted by molar-refractivity contribution is 0.415. The van der Waals surface area contributed by atoms with Crippen LogP contribution in [0.4, 0.5) is 23.0 Å². The molecule has 4 aromatic rings. The minimum absolute atomic E-state index is 0.0177. The first-order chi connectivity index (χ1) is 14.9. The van der Waals surface area contributed by atoms with Gasteiger partial charge in [0.2, 0.25) is 0 Å². The van der Waals surface area contributed by atoms with E-state index in [0.717, 1.165) is 5.56 Å². The van der Waals surface area contributed by atoms with Crippen LogP contribution in [0.5, 0.6) is 5.75 Å². The number of nitrogens with two attached hydrogens (primary N) is 1. The van der Waals surface area contributed by atoms with Crippen molar-refractivity contribution in [1.29, 1.82) is 0 Å². The maximum atomic E-state index is 13.0. The second-order valence-electron chi connectivity index (χ2n) is 6.75. The fourth-order valence-corrected chi connectivity index (χ4v) is 3.97. The van der Waals surface area contributed by atoms with E-state index in [1.54, 1.807) is 43.6 Å². The Morgan fingerprint density at radius 1 is 1.00 bits per heavy atom. The SMILES string of the molecule is COc1ccc(C)c(Nc2nc3ncccc3nc2NS(=O)(=O)c2cccc(N)c2)c1. The van der Waals surface area contributed by atoms with Gasteiger partial charge in [-0.15, -0.1) is 0 Å². The van der Waals surface area contributed by atoms with Crippen molar-refractivity contribution >= 4 is 44.2 Å². The van der Waals surface area contributed by atoms with Crippen LogP contribution < -0.4 is 20.5 Å². The van der Waals surface area contributed by atoms with Gasteiger partial charge in [0, 0.05) is 23.6 Å². The van der Waals surface area contributed by atoms with Crippen molar-refractivity contribution in [2.75, 3.05) is 22.9 Å². The van der Waals surface area contributed by atoms with Gasteiger partial charge in [-0.25, -0.2) is 23.4 Å². The molecule has 0 atom stereocenters. The first kappa shape index (κ1) is 20.4. The van der Waals surface area contributed by atoms with Gasteiger partial charge in [0.25, 0.3) is 10.0 Å². The summed E-state index contributed by atoms with van der Waals surface area (Å²) in [5, 5.41) is 3.15. The average Bonchev–Trinajstić information content (AvgIpc) is 2.75. The molecule has 4 rings (SSSR count). The van der Waals surface area contributed by atoms with Crippen molar-refractivity contribution in [1.82, 2.24) is 15.0 Å². The monoisotopic (exact) mass is 436 g/mol. The molecule has 4 N–H and O–H groups in total. The highest BCUT2D eigenvalue weighted by atomic mass is 32.2. The molecule has 0 bridgehead atoms. The normalized spacial score (nSPS) is 11.3. The molecule has 0 saturated carbocycles. The maximum Gasteiger partial charge on any atom is 0.263 e. The van der Waals surface area contributed by atoms with E-state index in [1.165, 1.54) is 12.1 Å². The first-order valence-corrected chi connectivity index (χ1v) is 10.8. The molecule has 9 nitrogen and oxygen atoms in total. The van der Waals surface area contributed by atoms with Gasteiger partial charge in [0.15, 0.2) is 17.3 Å². The van der Waals surface area contributed by atoms with Crippen LogP contribution in [0.15, 0.2) is 65.7 Å². The zero-order chi connectivity index (χ0) is 22.0. The number of aryl methyl sites for hydroxylation is 1. The smallest absolute Gasteiger partial charge is 0.263 e. The van der Waals surface area contributed by atoms with E-state index in [0.29, 0.717) is 28.3 Å². The average molecular weight is 436 g/mol. The van der Waals surface area contributed by atoms with Gasteiger partial charge in [-0.3, -0.25) is 4.72 Å². The number of benzene rings is 2. The number of anilines is 4. The minimum Gasteiger partial charge on any atom is -0.497 e. The standard InChI is InChI=1S/C21H20N6O3S/c1-13-8-9-15(30-2)12-18(13)25-20-21(24-17-7-4-10-23-19(17)26-20)27-31(28,29)16-6-3-5-14(22)11-16/h3-12H,22H2,1-2H3,(H,24,27)(H,23,25,26). The van der Waals surface area contributed by atoms with Gasteiger partial charge >= 0.3 is 0 Å². The summed E-state index contributed by atoms with van der Waals surface area (Å²) in [6, 6.07) is 14.9. The van der Waals surface area contributed by atoms with Crippen molar-refractivity contribution in [3.8, 4) is 5.75 Å². The third-order valence-corrected chi connectivity index (χ3v) is 5.87. The summed E-state index contributed by atoms with van der Waals surface area (Å²) >= 11 is 0. The summed E-state index contributed by atoms with van der Waals surface area (Å²) in [7, 11) is -2.39. The van der Waals surface area contributed by atoms with E-state index in [9.17, 15) is 8.42 Å². The number of nitrogens with one attached hydrogen (secondary N) is 2. The molecule has 0 spiro atoms. The van der Waals surface area contributed by atoms with E-state index >= 15 is 0 Å². The Balaban J connectivity index is 1.80. The van der Waals surface area contributed by atoms with E-state index in [2.05, 4.69) is 25.0 Å². The lowest BCUT2D eigenvalue weighted by atomic mass is 10.2. The molecule has 2 heterocycles. The van der Waals surface area contributed by atoms with Crippen molar-refractivity contribution < 1.29 is 13.2 Å². The topological polar surface area (TPSA) is 132 Å². The summed E-state index contributed by atoms with van der Waals surface area (Å²) in [6.07, 6.45) is 1.59. The summed E-state index contributed by atoms with van der Waals surface area (Å²) in [5.41, 5.74) is 8.50. The van der Waals surface area contributed by atoms with Crippen LogP contribution in [0, 0.1) is 6.92 Å². The van der Waals surface area contributed by atoms with Gasteiger partial charge in [0.05, 0.1) is 12.0 Å². The highest BCUT2D eigenvalue weighted by Crippen LogP contribution is 2.30. The number of nitrogen functional groups attached to an aromatic ring is 1. The number of sulfonamides is 1. The Hall–Kier alpha value is -3.92. The Labute approximate surface area is 179 Å². The quantitative estimate of drug-likeness (QED) is 0.392. The number of pyridine rings is 1. The number of aromatic nitrogens is 3. The molecule has 2 aromatic carbocycles. The molecule has 0 fully saturated rings. The number of hydrogen-bond acceptors (Lipinski definition) is 8. The molecule has 0 amide bonds. The second-order valence-corrected chi connectivity index (χ2v) is 8.43. The fourth-order valence-electron chi connectivity index (χ4n) is 2.91. The molecule has 0 aliphatic heterocycles.